The summed E-state index contributed by atoms with van der Waals surface area (Å²) in [5.41, 5.74) is 2.38. The molecule has 0 aromatic heterocycles. The molecule has 1 aliphatic carbocycles. The fourth-order valence-electron chi connectivity index (χ4n) is 3.03. The van der Waals surface area contributed by atoms with Crippen molar-refractivity contribution in [3.63, 3.8) is 0 Å². The van der Waals surface area contributed by atoms with Crippen LogP contribution in [-0.4, -0.2) is 11.8 Å². The first-order valence-electron chi connectivity index (χ1n) is 8.73. The van der Waals surface area contributed by atoms with Crippen LogP contribution in [0.5, 0.6) is 0 Å². The molecule has 0 saturated heterocycles. The molecule has 1 fully saturated rings. The molecule has 2 amide bonds. The Morgan fingerprint density at radius 3 is 1.96 bits per heavy atom. The van der Waals surface area contributed by atoms with Crippen molar-refractivity contribution in [2.24, 2.45) is 11.8 Å². The highest BCUT2D eigenvalue weighted by Crippen LogP contribution is 2.41. The van der Waals surface area contributed by atoms with E-state index in [9.17, 15) is 9.59 Å². The summed E-state index contributed by atoms with van der Waals surface area (Å²) in [5, 5.41) is 6.29. The number of hydrogen-bond donors (Lipinski definition) is 2. The van der Waals surface area contributed by atoms with E-state index < -0.39 is 0 Å². The molecule has 2 aromatic carbocycles. The number of rotatable bonds is 4. The van der Waals surface area contributed by atoms with Gasteiger partial charge in [-0.15, -0.1) is 0 Å². The van der Waals surface area contributed by atoms with Gasteiger partial charge in [0.05, 0.1) is 22.5 Å². The number of carbonyl (C=O) groups excluding carboxylic acids is 2. The molecule has 2 unspecified atom stereocenters. The second-order valence-corrected chi connectivity index (χ2v) is 8.11. The van der Waals surface area contributed by atoms with Crippen molar-refractivity contribution in [3.8, 4) is 0 Å². The molecule has 0 aliphatic heterocycles. The summed E-state index contributed by atoms with van der Waals surface area (Å²) in [5.74, 6) is -0.887. The van der Waals surface area contributed by atoms with Gasteiger partial charge in [0, 0.05) is 5.69 Å². The van der Waals surface area contributed by atoms with Crippen LogP contribution in [0.1, 0.15) is 32.8 Å². The molecular weight excluding hydrogens is 348 g/mol. The molecule has 4 nitrogen and oxygen atoms in total. The zero-order valence-corrected chi connectivity index (χ0v) is 15.9. The first kappa shape index (κ1) is 18.5. The predicted octanol–water partition coefficient (Wildman–Crippen LogP) is 4.85. The van der Waals surface area contributed by atoms with Gasteiger partial charge in [-0.3, -0.25) is 9.59 Å². The van der Waals surface area contributed by atoms with E-state index in [2.05, 4.69) is 31.4 Å². The van der Waals surface area contributed by atoms with E-state index in [1.165, 1.54) is 0 Å². The maximum absolute atomic E-state index is 12.6. The first-order valence-corrected chi connectivity index (χ1v) is 9.11. The molecular formula is C21H23ClN2O2. The highest BCUT2D eigenvalue weighted by Gasteiger charge is 2.48. The van der Waals surface area contributed by atoms with E-state index >= 15 is 0 Å². The molecule has 2 atom stereocenters. The van der Waals surface area contributed by atoms with Crippen LogP contribution < -0.4 is 10.6 Å². The molecule has 3 rings (SSSR count). The number of anilines is 2. The van der Waals surface area contributed by atoms with Crippen molar-refractivity contribution in [2.45, 2.75) is 32.6 Å². The zero-order valence-electron chi connectivity index (χ0n) is 15.2. The summed E-state index contributed by atoms with van der Waals surface area (Å²) in [6.45, 7) is 6.32. The molecule has 2 aromatic rings. The van der Waals surface area contributed by atoms with Gasteiger partial charge in [-0.25, -0.2) is 0 Å². The van der Waals surface area contributed by atoms with Crippen molar-refractivity contribution < 1.29 is 9.59 Å². The molecule has 0 spiro atoms. The summed E-state index contributed by atoms with van der Waals surface area (Å²) >= 11 is 6.07. The summed E-state index contributed by atoms with van der Waals surface area (Å²) in [7, 11) is 0. The minimum atomic E-state index is -0.312. The summed E-state index contributed by atoms with van der Waals surface area (Å²) in [4.78, 5) is 24.9. The molecule has 1 saturated carbocycles. The Morgan fingerprint density at radius 1 is 0.885 bits per heavy atom. The smallest absolute Gasteiger partial charge is 0.228 e. The molecule has 0 bridgehead atoms. The summed E-state index contributed by atoms with van der Waals surface area (Å²) in [6.07, 6.45) is 0.555. The normalized spacial score (nSPS) is 18.9. The van der Waals surface area contributed by atoms with Gasteiger partial charge >= 0.3 is 0 Å². The standard InChI is InChI=1S/C21H23ClN2O2/c1-21(2,3)15-8-4-6-10-17(15)23-19(25)13-12-14(13)20(26)24-18-11-7-5-9-16(18)22/h4-11,13-14H,12H2,1-3H3,(H,23,25)(H,24,26). The van der Waals surface area contributed by atoms with Crippen LogP contribution in [-0.2, 0) is 15.0 Å². The van der Waals surface area contributed by atoms with Crippen molar-refractivity contribution in [2.75, 3.05) is 10.6 Å². The van der Waals surface area contributed by atoms with Gasteiger partial charge < -0.3 is 10.6 Å². The predicted molar refractivity (Wildman–Crippen MR) is 105 cm³/mol. The number of amides is 2. The monoisotopic (exact) mass is 370 g/mol. The van der Waals surface area contributed by atoms with Crippen LogP contribution in [0.4, 0.5) is 11.4 Å². The van der Waals surface area contributed by atoms with E-state index in [4.69, 9.17) is 11.6 Å². The lowest BCUT2D eigenvalue weighted by Gasteiger charge is -2.23. The van der Waals surface area contributed by atoms with Gasteiger partial charge in [0.2, 0.25) is 11.8 Å². The van der Waals surface area contributed by atoms with Gasteiger partial charge in [-0.1, -0.05) is 62.7 Å². The van der Waals surface area contributed by atoms with Crippen LogP contribution in [0.15, 0.2) is 48.5 Å². The van der Waals surface area contributed by atoms with Crippen molar-refractivity contribution >= 4 is 34.8 Å². The number of halogens is 1. The van der Waals surface area contributed by atoms with E-state index in [0.717, 1.165) is 11.3 Å². The number of para-hydroxylation sites is 2. The fourth-order valence-corrected chi connectivity index (χ4v) is 3.22. The maximum Gasteiger partial charge on any atom is 0.228 e. The van der Waals surface area contributed by atoms with Gasteiger partial charge in [0.15, 0.2) is 0 Å². The lowest BCUT2D eigenvalue weighted by atomic mass is 9.86. The Morgan fingerprint density at radius 2 is 1.38 bits per heavy atom. The Hall–Kier alpha value is -2.33. The van der Waals surface area contributed by atoms with Crippen molar-refractivity contribution in [1.82, 2.24) is 0 Å². The minimum Gasteiger partial charge on any atom is -0.326 e. The average Bonchev–Trinajstić information content (AvgIpc) is 3.37. The van der Waals surface area contributed by atoms with Crippen LogP contribution in [0.3, 0.4) is 0 Å². The SMILES string of the molecule is CC(C)(C)c1ccccc1NC(=O)C1CC1C(=O)Nc1ccccc1Cl. The third-order valence-corrected chi connectivity index (χ3v) is 4.92. The topological polar surface area (TPSA) is 58.2 Å². The quantitative estimate of drug-likeness (QED) is 0.808. The Kier molecular flexibility index (Phi) is 5.05. The van der Waals surface area contributed by atoms with Gasteiger partial charge in [-0.2, -0.15) is 0 Å². The second-order valence-electron chi connectivity index (χ2n) is 7.70. The van der Waals surface area contributed by atoms with Crippen LogP contribution >= 0.6 is 11.6 Å². The number of benzene rings is 2. The van der Waals surface area contributed by atoms with Crippen molar-refractivity contribution in [3.05, 3.63) is 59.1 Å². The first-order chi connectivity index (χ1) is 12.3. The number of hydrogen-bond acceptors (Lipinski definition) is 2. The van der Waals surface area contributed by atoms with E-state index in [0.29, 0.717) is 17.1 Å². The fraction of sp³-hybridized carbons (Fsp3) is 0.333. The lowest BCUT2D eigenvalue weighted by Crippen LogP contribution is -2.22. The van der Waals surface area contributed by atoms with Crippen LogP contribution in [0, 0.1) is 11.8 Å². The summed E-state index contributed by atoms with van der Waals surface area (Å²) < 4.78 is 0. The Labute approximate surface area is 158 Å². The van der Waals surface area contributed by atoms with Gasteiger partial charge in [-0.05, 0) is 35.6 Å². The molecule has 1 aliphatic rings. The third kappa shape index (κ3) is 4.07. The largest absolute Gasteiger partial charge is 0.326 e. The van der Waals surface area contributed by atoms with E-state index in [1.54, 1.807) is 18.2 Å². The maximum atomic E-state index is 12.6. The second kappa shape index (κ2) is 7.12. The minimum absolute atomic E-state index is 0.0751. The van der Waals surface area contributed by atoms with Gasteiger partial charge in [0.25, 0.3) is 0 Å². The molecule has 2 N–H and O–H groups in total. The lowest BCUT2D eigenvalue weighted by molar-refractivity contribution is -0.122. The third-order valence-electron chi connectivity index (χ3n) is 4.59. The van der Waals surface area contributed by atoms with Crippen LogP contribution in [0.25, 0.3) is 0 Å². The molecule has 136 valence electrons. The number of carbonyl (C=O) groups is 2. The number of nitrogens with one attached hydrogen (secondary N) is 2. The molecule has 26 heavy (non-hydrogen) atoms. The van der Waals surface area contributed by atoms with Gasteiger partial charge in [0.1, 0.15) is 0 Å². The average molecular weight is 371 g/mol. The molecule has 5 heteroatoms. The summed E-state index contributed by atoms with van der Waals surface area (Å²) in [6, 6.07) is 14.9. The van der Waals surface area contributed by atoms with E-state index in [1.807, 2.05) is 30.3 Å². The van der Waals surface area contributed by atoms with Crippen molar-refractivity contribution in [1.29, 1.82) is 0 Å². The van der Waals surface area contributed by atoms with E-state index in [-0.39, 0.29) is 29.1 Å². The molecule has 0 heterocycles. The van der Waals surface area contributed by atoms with Crippen LogP contribution in [0.2, 0.25) is 5.02 Å². The zero-order chi connectivity index (χ0) is 18.9. The Bertz CT molecular complexity index is 842. The highest BCUT2D eigenvalue weighted by atomic mass is 35.5. The highest BCUT2D eigenvalue weighted by molar-refractivity contribution is 6.33. The Balaban J connectivity index is 1.63. The molecule has 0 radical (unpaired) electrons.